The van der Waals surface area contributed by atoms with E-state index in [9.17, 15) is 4.79 Å². The van der Waals surface area contributed by atoms with E-state index in [1.807, 2.05) is 0 Å². The Hall–Kier alpha value is -2.04. The third kappa shape index (κ3) is 1.63. The van der Waals surface area contributed by atoms with Gasteiger partial charge < -0.3 is 9.15 Å². The molecule has 0 saturated heterocycles. The van der Waals surface area contributed by atoms with Crippen molar-refractivity contribution in [2.24, 2.45) is 0 Å². The van der Waals surface area contributed by atoms with Crippen LogP contribution in [-0.2, 0) is 4.74 Å². The molecule has 5 nitrogen and oxygen atoms in total. The van der Waals surface area contributed by atoms with Gasteiger partial charge in [-0.1, -0.05) is 0 Å². The van der Waals surface area contributed by atoms with Crippen molar-refractivity contribution >= 4 is 22.9 Å². The lowest BCUT2D eigenvalue weighted by molar-refractivity contribution is 0.180. The van der Waals surface area contributed by atoms with Crippen molar-refractivity contribution in [3.8, 4) is 0 Å². The van der Waals surface area contributed by atoms with Crippen LogP contribution in [0.1, 0.15) is 0 Å². The Morgan fingerprint density at radius 1 is 1.53 bits per heavy atom. The number of fused-ring (bicyclic) bond motifs is 1. The molecule has 15 heavy (non-hydrogen) atoms. The van der Waals surface area contributed by atoms with Crippen LogP contribution in [-0.4, -0.2) is 25.2 Å². The lowest BCUT2D eigenvalue weighted by Gasteiger charge is -2.14. The third-order valence-corrected chi connectivity index (χ3v) is 2.15. The number of benzene rings is 1. The molecule has 1 aromatic carbocycles. The fraction of sp³-hybridized carbons (Fsp3) is 0.200. The van der Waals surface area contributed by atoms with Gasteiger partial charge in [-0.05, 0) is 12.1 Å². The minimum atomic E-state index is -0.422. The smallest absolute Gasteiger partial charge is 0.413 e. The number of carbonyl (C=O) groups is 1. The molecule has 0 spiro atoms. The zero-order valence-electron chi connectivity index (χ0n) is 8.43. The molecule has 2 rings (SSSR count). The Morgan fingerprint density at radius 2 is 2.33 bits per heavy atom. The van der Waals surface area contributed by atoms with Gasteiger partial charge >= 0.3 is 6.09 Å². The molecule has 0 aliphatic heterocycles. The molecule has 0 radical (unpaired) electrons. The molecule has 0 bridgehead atoms. The number of anilines is 1. The number of nitrogens with zero attached hydrogens (tertiary/aromatic N) is 2. The molecule has 0 unspecified atom stereocenters. The number of oxazole rings is 1. The zero-order valence-corrected chi connectivity index (χ0v) is 8.43. The number of aromatic nitrogens is 1. The molecule has 0 atom stereocenters. The van der Waals surface area contributed by atoms with Crippen molar-refractivity contribution in [1.82, 2.24) is 4.98 Å². The van der Waals surface area contributed by atoms with E-state index < -0.39 is 6.09 Å². The first kappa shape index (κ1) is 9.51. The number of hydrogen-bond donors (Lipinski definition) is 0. The first-order chi connectivity index (χ1) is 7.22. The average molecular weight is 206 g/mol. The molecule has 0 aliphatic rings. The molecular weight excluding hydrogens is 196 g/mol. The molecule has 1 amide bonds. The molecule has 5 heteroatoms. The summed E-state index contributed by atoms with van der Waals surface area (Å²) in [6, 6.07) is 5.30. The van der Waals surface area contributed by atoms with E-state index in [1.165, 1.54) is 18.4 Å². The number of methoxy groups -OCH3 is 1. The molecule has 0 N–H and O–H groups in total. The van der Waals surface area contributed by atoms with Crippen LogP contribution in [0.5, 0.6) is 0 Å². The molecule has 2 aromatic rings. The van der Waals surface area contributed by atoms with Gasteiger partial charge in [0.1, 0.15) is 5.52 Å². The summed E-state index contributed by atoms with van der Waals surface area (Å²) in [5.74, 6) is 0. The van der Waals surface area contributed by atoms with Crippen LogP contribution in [0.4, 0.5) is 10.5 Å². The summed E-state index contributed by atoms with van der Waals surface area (Å²) in [4.78, 5) is 16.6. The number of amides is 1. The molecular formula is C10H10N2O3. The van der Waals surface area contributed by atoms with Gasteiger partial charge in [-0.3, -0.25) is 4.90 Å². The monoisotopic (exact) mass is 206 g/mol. The maximum absolute atomic E-state index is 11.2. The number of ether oxygens (including phenoxy) is 1. The predicted molar refractivity (Wildman–Crippen MR) is 54.8 cm³/mol. The van der Waals surface area contributed by atoms with E-state index in [0.29, 0.717) is 11.3 Å². The first-order valence-electron chi connectivity index (χ1n) is 4.37. The normalized spacial score (nSPS) is 10.3. The maximum atomic E-state index is 11.2. The predicted octanol–water partition coefficient (Wildman–Crippen LogP) is 2.03. The topological polar surface area (TPSA) is 55.6 Å². The molecule has 0 aliphatic carbocycles. The summed E-state index contributed by atoms with van der Waals surface area (Å²) in [5.41, 5.74) is 2.10. The van der Waals surface area contributed by atoms with Crippen molar-refractivity contribution in [3.63, 3.8) is 0 Å². The minimum absolute atomic E-state index is 0.422. The van der Waals surface area contributed by atoms with Crippen LogP contribution in [0.2, 0.25) is 0 Å². The summed E-state index contributed by atoms with van der Waals surface area (Å²) in [5, 5.41) is 0. The first-order valence-corrected chi connectivity index (χ1v) is 4.37. The highest BCUT2D eigenvalue weighted by atomic mass is 16.5. The van der Waals surface area contributed by atoms with Gasteiger partial charge in [0.2, 0.25) is 0 Å². The van der Waals surface area contributed by atoms with E-state index in [-0.39, 0.29) is 0 Å². The standard InChI is InChI=1S/C10H10N2O3/c1-12(10(13)14-2)7-3-4-8-9(5-7)15-6-11-8/h3-6H,1-2H3. The van der Waals surface area contributed by atoms with E-state index in [1.54, 1.807) is 25.2 Å². The Balaban J connectivity index is 2.39. The average Bonchev–Trinajstić information content (AvgIpc) is 2.73. The number of hydrogen-bond acceptors (Lipinski definition) is 4. The summed E-state index contributed by atoms with van der Waals surface area (Å²) < 4.78 is 9.73. The van der Waals surface area contributed by atoms with Gasteiger partial charge in [-0.15, -0.1) is 0 Å². The lowest BCUT2D eigenvalue weighted by Crippen LogP contribution is -2.25. The summed E-state index contributed by atoms with van der Waals surface area (Å²) in [7, 11) is 2.97. The molecule has 1 aromatic heterocycles. The highest BCUT2D eigenvalue weighted by molar-refractivity contribution is 5.89. The van der Waals surface area contributed by atoms with Crippen LogP contribution < -0.4 is 4.90 Å². The second-order valence-electron chi connectivity index (χ2n) is 3.03. The van der Waals surface area contributed by atoms with Crippen LogP contribution in [0.15, 0.2) is 29.0 Å². The molecule has 0 saturated carbocycles. The van der Waals surface area contributed by atoms with E-state index in [4.69, 9.17) is 4.42 Å². The highest BCUT2D eigenvalue weighted by Gasteiger charge is 2.11. The summed E-state index contributed by atoms with van der Waals surface area (Å²) >= 11 is 0. The zero-order chi connectivity index (χ0) is 10.8. The Kier molecular flexibility index (Phi) is 2.29. The lowest BCUT2D eigenvalue weighted by atomic mass is 10.3. The van der Waals surface area contributed by atoms with Gasteiger partial charge in [0.25, 0.3) is 0 Å². The van der Waals surface area contributed by atoms with Crippen LogP contribution in [0.25, 0.3) is 11.1 Å². The Morgan fingerprint density at radius 3 is 3.07 bits per heavy atom. The fourth-order valence-electron chi connectivity index (χ4n) is 1.29. The second kappa shape index (κ2) is 3.61. The SMILES string of the molecule is COC(=O)N(C)c1ccc2ncoc2c1. The van der Waals surface area contributed by atoms with Crippen molar-refractivity contribution in [1.29, 1.82) is 0 Å². The molecule has 78 valence electrons. The summed E-state index contributed by atoms with van der Waals surface area (Å²) in [6.07, 6.45) is 0.945. The van der Waals surface area contributed by atoms with Crippen molar-refractivity contribution in [2.75, 3.05) is 19.1 Å². The highest BCUT2D eigenvalue weighted by Crippen LogP contribution is 2.20. The van der Waals surface area contributed by atoms with Crippen LogP contribution in [0.3, 0.4) is 0 Å². The van der Waals surface area contributed by atoms with Gasteiger partial charge in [-0.25, -0.2) is 9.78 Å². The van der Waals surface area contributed by atoms with Crippen molar-refractivity contribution in [2.45, 2.75) is 0 Å². The van der Waals surface area contributed by atoms with Crippen molar-refractivity contribution in [3.05, 3.63) is 24.6 Å². The summed E-state index contributed by atoms with van der Waals surface area (Å²) in [6.45, 7) is 0. The Bertz CT molecular complexity index is 492. The van der Waals surface area contributed by atoms with Crippen LogP contribution >= 0.6 is 0 Å². The van der Waals surface area contributed by atoms with Crippen LogP contribution in [0, 0.1) is 0 Å². The number of carbonyl (C=O) groups excluding carboxylic acids is 1. The van der Waals surface area contributed by atoms with E-state index >= 15 is 0 Å². The van der Waals surface area contributed by atoms with Gasteiger partial charge in [0.05, 0.1) is 12.8 Å². The third-order valence-electron chi connectivity index (χ3n) is 2.15. The largest absolute Gasteiger partial charge is 0.452 e. The fourth-order valence-corrected chi connectivity index (χ4v) is 1.29. The van der Waals surface area contributed by atoms with E-state index in [0.717, 1.165) is 5.52 Å². The minimum Gasteiger partial charge on any atom is -0.452 e. The quantitative estimate of drug-likeness (QED) is 0.716. The van der Waals surface area contributed by atoms with Crippen molar-refractivity contribution < 1.29 is 13.9 Å². The second-order valence-corrected chi connectivity index (χ2v) is 3.03. The molecule has 1 heterocycles. The maximum Gasteiger partial charge on any atom is 0.413 e. The molecule has 0 fully saturated rings. The van der Waals surface area contributed by atoms with E-state index in [2.05, 4.69) is 9.72 Å². The van der Waals surface area contributed by atoms with Gasteiger partial charge in [0, 0.05) is 13.1 Å². The Labute approximate surface area is 86.3 Å². The number of rotatable bonds is 1. The van der Waals surface area contributed by atoms with Gasteiger partial charge in [-0.2, -0.15) is 0 Å². The van der Waals surface area contributed by atoms with Gasteiger partial charge in [0.15, 0.2) is 12.0 Å².